The van der Waals surface area contributed by atoms with Gasteiger partial charge in [0.05, 0.1) is 30.7 Å². The second kappa shape index (κ2) is 9.02. The normalized spacial score (nSPS) is 30.1. The molecule has 1 saturated carbocycles. The van der Waals surface area contributed by atoms with Crippen molar-refractivity contribution in [3.63, 3.8) is 0 Å². The van der Waals surface area contributed by atoms with E-state index in [2.05, 4.69) is 27.6 Å². The molecule has 18 heteroatoms. The van der Waals surface area contributed by atoms with Crippen LogP contribution < -0.4 is 5.73 Å². The average molecular weight is 542 g/mol. The van der Waals surface area contributed by atoms with Gasteiger partial charge in [0.1, 0.15) is 17.8 Å². The molecule has 2 aromatic heterocycles. The monoisotopic (exact) mass is 542 g/mol. The van der Waals surface area contributed by atoms with Crippen LogP contribution in [-0.2, 0) is 47.2 Å². The third-order valence-corrected chi connectivity index (χ3v) is 10.7. The van der Waals surface area contributed by atoms with Crippen LogP contribution in [0.4, 0.5) is 5.82 Å². The number of anilines is 1. The Bertz CT molecular complexity index is 1220. The van der Waals surface area contributed by atoms with Gasteiger partial charge in [-0.3, -0.25) is 13.6 Å². The molecule has 34 heavy (non-hydrogen) atoms. The van der Waals surface area contributed by atoms with Crippen LogP contribution in [0.15, 0.2) is 18.6 Å². The third kappa shape index (κ3) is 5.16. The second-order valence-corrected chi connectivity index (χ2v) is 13.2. The number of nitrogens with two attached hydrogens (primary N) is 1. The van der Waals surface area contributed by atoms with E-state index in [0.717, 1.165) is 26.0 Å². The summed E-state index contributed by atoms with van der Waals surface area (Å²) in [6.07, 6.45) is 3.19. The van der Waals surface area contributed by atoms with Crippen LogP contribution in [0.5, 0.6) is 0 Å². The molecule has 5 unspecified atom stereocenters. The minimum Gasteiger partial charge on any atom is -0.383 e. The van der Waals surface area contributed by atoms with Gasteiger partial charge in [-0.15, -0.1) is 0 Å². The molecule has 190 valence electrons. The number of nitrogens with zero attached hydrogens (tertiary/aromatic N) is 3. The van der Waals surface area contributed by atoms with Crippen molar-refractivity contribution in [1.29, 1.82) is 0 Å². The van der Waals surface area contributed by atoms with E-state index in [1.807, 2.05) is 23.8 Å². The SMILES string of the molecule is COP(=O)(OC)OP(=O)(O)OP(=O)(O)OCC1OC(Cn2ccc3c(N)ncnc32)[C@H]2CC12C. The number of hydrogen-bond acceptors (Lipinski definition) is 12. The summed E-state index contributed by atoms with van der Waals surface area (Å²) >= 11 is 0. The summed E-state index contributed by atoms with van der Waals surface area (Å²) in [4.78, 5) is 27.8. The van der Waals surface area contributed by atoms with E-state index in [9.17, 15) is 23.5 Å². The lowest BCUT2D eigenvalue weighted by molar-refractivity contribution is -0.0328. The molecule has 0 aromatic carbocycles. The molecular weight excluding hydrogens is 517 g/mol. The Morgan fingerprint density at radius 3 is 2.59 bits per heavy atom. The molecule has 2 aromatic rings. The van der Waals surface area contributed by atoms with Gasteiger partial charge >= 0.3 is 23.5 Å². The van der Waals surface area contributed by atoms with Gasteiger partial charge < -0.3 is 24.8 Å². The van der Waals surface area contributed by atoms with Gasteiger partial charge in [0.15, 0.2) is 0 Å². The lowest BCUT2D eigenvalue weighted by Crippen LogP contribution is -2.27. The predicted molar refractivity (Wildman–Crippen MR) is 116 cm³/mol. The molecular formula is C16H25N4O11P3. The van der Waals surface area contributed by atoms with Gasteiger partial charge in [-0.05, 0) is 18.4 Å². The predicted octanol–water partition coefficient (Wildman–Crippen LogP) is 2.46. The van der Waals surface area contributed by atoms with Crippen molar-refractivity contribution in [2.75, 3.05) is 26.6 Å². The maximum atomic E-state index is 12.2. The van der Waals surface area contributed by atoms with Gasteiger partial charge in [-0.2, -0.15) is 8.62 Å². The summed E-state index contributed by atoms with van der Waals surface area (Å²) in [7, 11) is -13.2. The minimum atomic E-state index is -5.35. The number of nitrogen functional groups attached to an aromatic ring is 1. The van der Waals surface area contributed by atoms with E-state index >= 15 is 0 Å². The van der Waals surface area contributed by atoms with Gasteiger partial charge in [-0.25, -0.2) is 23.7 Å². The van der Waals surface area contributed by atoms with Gasteiger partial charge in [0, 0.05) is 25.8 Å². The first-order valence-electron chi connectivity index (χ1n) is 9.96. The molecule has 1 saturated heterocycles. The van der Waals surface area contributed by atoms with Gasteiger partial charge in [0.25, 0.3) is 0 Å². The van der Waals surface area contributed by atoms with E-state index in [4.69, 9.17) is 15.0 Å². The maximum Gasteiger partial charge on any atom is 0.490 e. The van der Waals surface area contributed by atoms with Crippen molar-refractivity contribution in [2.24, 2.45) is 11.3 Å². The quantitative estimate of drug-likeness (QED) is 0.349. The lowest BCUT2D eigenvalue weighted by Gasteiger charge is -2.23. The Hall–Kier alpha value is -1.21. The molecule has 0 amide bonds. The summed E-state index contributed by atoms with van der Waals surface area (Å²) in [5.74, 6) is 0.535. The molecule has 0 radical (unpaired) electrons. The summed E-state index contributed by atoms with van der Waals surface area (Å²) in [5, 5.41) is 0.722. The summed E-state index contributed by atoms with van der Waals surface area (Å²) in [6, 6.07) is 1.81. The van der Waals surface area contributed by atoms with Crippen molar-refractivity contribution in [3.8, 4) is 0 Å². The molecule has 0 spiro atoms. The highest BCUT2D eigenvalue weighted by atomic mass is 31.3. The topological polar surface area (TPSA) is 204 Å². The van der Waals surface area contributed by atoms with Crippen molar-refractivity contribution >= 4 is 40.3 Å². The summed E-state index contributed by atoms with van der Waals surface area (Å²) in [6.45, 7) is 2.02. The highest BCUT2D eigenvalue weighted by molar-refractivity contribution is 7.67. The number of hydrogen-bond donors (Lipinski definition) is 3. The van der Waals surface area contributed by atoms with Gasteiger partial charge in [-0.1, -0.05) is 6.92 Å². The van der Waals surface area contributed by atoms with Crippen molar-refractivity contribution < 1.29 is 50.4 Å². The van der Waals surface area contributed by atoms with E-state index in [1.54, 1.807) is 0 Å². The molecule has 1 aliphatic carbocycles. The van der Waals surface area contributed by atoms with E-state index in [0.29, 0.717) is 18.0 Å². The average Bonchev–Trinajstić information content (AvgIpc) is 3.15. The largest absolute Gasteiger partial charge is 0.490 e. The molecule has 3 heterocycles. The van der Waals surface area contributed by atoms with Crippen LogP contribution in [0.1, 0.15) is 13.3 Å². The molecule has 0 bridgehead atoms. The third-order valence-electron chi connectivity index (χ3n) is 6.08. The molecule has 4 N–H and O–H groups in total. The molecule has 15 nitrogen and oxygen atoms in total. The van der Waals surface area contributed by atoms with E-state index < -0.39 is 36.2 Å². The number of ether oxygens (including phenoxy) is 1. The molecule has 6 atom stereocenters. The Kier molecular flexibility index (Phi) is 6.87. The maximum absolute atomic E-state index is 12.2. The fourth-order valence-corrected chi connectivity index (χ4v) is 7.80. The van der Waals surface area contributed by atoms with Gasteiger partial charge in [0.2, 0.25) is 0 Å². The van der Waals surface area contributed by atoms with E-state index in [1.165, 1.54) is 6.33 Å². The number of phosphoric acid groups is 3. The Morgan fingerprint density at radius 2 is 1.91 bits per heavy atom. The van der Waals surface area contributed by atoms with Crippen LogP contribution in [0, 0.1) is 11.3 Å². The van der Waals surface area contributed by atoms with Crippen LogP contribution in [0.3, 0.4) is 0 Å². The fraction of sp³-hybridized carbons (Fsp3) is 0.625. The van der Waals surface area contributed by atoms with Crippen LogP contribution in [0.25, 0.3) is 11.0 Å². The first-order valence-corrected chi connectivity index (χ1v) is 14.4. The fourth-order valence-electron chi connectivity index (χ4n) is 4.17. The first-order chi connectivity index (χ1) is 15.8. The zero-order valence-electron chi connectivity index (χ0n) is 18.4. The molecule has 2 fully saturated rings. The van der Waals surface area contributed by atoms with E-state index in [-0.39, 0.29) is 17.4 Å². The summed E-state index contributed by atoms with van der Waals surface area (Å²) < 4.78 is 66.0. The standard InChI is InChI=1S/C16H25N4O11P3/c1-16-6-11(16)12(7-20-5-4-10-14(17)18-9-19-15(10)20)29-13(16)8-28-32(21,22)30-33(23,24)31-34(25,26-2)27-3/h4-5,9,11-13H,6-8H2,1-3H3,(H,21,22)(H,23,24)(H2,17,18,19)/t11-,12?,13?,16?/m1/s1. The highest BCUT2D eigenvalue weighted by Gasteiger charge is 2.65. The van der Waals surface area contributed by atoms with Crippen LogP contribution in [-0.4, -0.2) is 57.4 Å². The lowest BCUT2D eigenvalue weighted by atomic mass is 10.0. The first kappa shape index (κ1) is 25.9. The zero-order valence-corrected chi connectivity index (χ0v) is 21.1. The number of fused-ring (bicyclic) bond motifs is 2. The van der Waals surface area contributed by atoms with Crippen molar-refractivity contribution in [2.45, 2.75) is 32.1 Å². The Morgan fingerprint density at radius 1 is 1.21 bits per heavy atom. The smallest absolute Gasteiger partial charge is 0.383 e. The minimum absolute atomic E-state index is 0.165. The molecule has 2 aliphatic rings. The second-order valence-electron chi connectivity index (χ2n) is 8.15. The highest BCUT2D eigenvalue weighted by Crippen LogP contribution is 2.69. The van der Waals surface area contributed by atoms with Crippen LogP contribution in [0.2, 0.25) is 0 Å². The molecule has 4 rings (SSSR count). The van der Waals surface area contributed by atoms with Crippen molar-refractivity contribution in [1.82, 2.24) is 14.5 Å². The Balaban J connectivity index is 1.37. The number of phosphoric ester groups is 2. The number of rotatable bonds is 11. The number of aromatic nitrogens is 3. The van der Waals surface area contributed by atoms with Crippen molar-refractivity contribution in [3.05, 3.63) is 18.6 Å². The zero-order chi connectivity index (χ0) is 24.9. The van der Waals surface area contributed by atoms with Crippen LogP contribution >= 0.6 is 23.5 Å². The summed E-state index contributed by atoms with van der Waals surface area (Å²) in [5.41, 5.74) is 6.22. The molecule has 1 aliphatic heterocycles. The Labute approximate surface area is 194 Å².